The fraction of sp³-hybridized carbons (Fsp3) is 0.625. The summed E-state index contributed by atoms with van der Waals surface area (Å²) in [6, 6.07) is -1.39. The van der Waals surface area contributed by atoms with Crippen LogP contribution in [0.4, 0.5) is 4.79 Å². The molecule has 1 rings (SSSR count). The van der Waals surface area contributed by atoms with Crippen LogP contribution in [0, 0.1) is 0 Å². The third kappa shape index (κ3) is 2.93. The molecule has 1 atom stereocenters. The summed E-state index contributed by atoms with van der Waals surface area (Å²) in [5, 5.41) is 2.03. The Hall–Kier alpha value is -1.08. The van der Waals surface area contributed by atoms with E-state index in [1.165, 1.54) is 0 Å². The zero-order valence-corrected chi connectivity index (χ0v) is 9.17. The predicted molar refractivity (Wildman–Crippen MR) is 56.2 cm³/mol. The molecule has 0 aliphatic carbocycles. The molecule has 1 aliphatic heterocycles. The van der Waals surface area contributed by atoms with Crippen molar-refractivity contribution in [3.05, 3.63) is 0 Å². The second-order valence-corrected chi connectivity index (χ2v) is 4.15. The van der Waals surface area contributed by atoms with E-state index in [1.54, 1.807) is 11.8 Å². The van der Waals surface area contributed by atoms with Gasteiger partial charge in [-0.05, 0) is 18.4 Å². The lowest BCUT2D eigenvalue weighted by Gasteiger charge is -2.16. The number of carbonyl (C=O) groups is 3. The summed E-state index contributed by atoms with van der Waals surface area (Å²) in [4.78, 5) is 34.4. The van der Waals surface area contributed by atoms with Gasteiger partial charge >= 0.3 is 6.03 Å². The van der Waals surface area contributed by atoms with Gasteiger partial charge in [-0.15, -0.1) is 0 Å². The van der Waals surface area contributed by atoms with E-state index in [9.17, 15) is 14.4 Å². The summed E-state index contributed by atoms with van der Waals surface area (Å²) in [6.45, 7) is -0.218. The largest absolute Gasteiger partial charge is 0.331 e. The van der Waals surface area contributed by atoms with Gasteiger partial charge in [-0.2, -0.15) is 11.8 Å². The van der Waals surface area contributed by atoms with Gasteiger partial charge in [0.15, 0.2) is 0 Å². The van der Waals surface area contributed by atoms with E-state index < -0.39 is 23.9 Å². The summed E-state index contributed by atoms with van der Waals surface area (Å²) in [7, 11) is 0. The van der Waals surface area contributed by atoms with Crippen LogP contribution in [0.1, 0.15) is 6.42 Å². The van der Waals surface area contributed by atoms with Gasteiger partial charge in [0.2, 0.25) is 11.8 Å². The highest BCUT2D eigenvalue weighted by Crippen LogP contribution is 2.05. The third-order valence-electron chi connectivity index (χ3n) is 2.01. The van der Waals surface area contributed by atoms with Crippen molar-refractivity contribution in [2.75, 3.05) is 18.6 Å². The Morgan fingerprint density at radius 3 is 2.80 bits per heavy atom. The summed E-state index contributed by atoms with van der Waals surface area (Å²) in [6.07, 6.45) is 2.40. The molecule has 0 saturated carbocycles. The average Bonchev–Trinajstić information content (AvgIpc) is 2.53. The van der Waals surface area contributed by atoms with Crippen molar-refractivity contribution in [1.82, 2.24) is 10.2 Å². The molecule has 3 N–H and O–H groups in total. The molecular weight excluding hydrogens is 218 g/mol. The molecule has 84 valence electrons. The first-order valence-electron chi connectivity index (χ1n) is 4.46. The number of imide groups is 2. The highest BCUT2D eigenvalue weighted by atomic mass is 32.2. The van der Waals surface area contributed by atoms with Gasteiger partial charge in [0.25, 0.3) is 0 Å². The van der Waals surface area contributed by atoms with Crippen LogP contribution in [0.3, 0.4) is 0 Å². The van der Waals surface area contributed by atoms with Crippen LogP contribution in [0.15, 0.2) is 0 Å². The van der Waals surface area contributed by atoms with Gasteiger partial charge in [0.1, 0.15) is 6.54 Å². The van der Waals surface area contributed by atoms with Gasteiger partial charge in [-0.3, -0.25) is 19.8 Å². The molecule has 4 amide bonds. The minimum Gasteiger partial charge on any atom is -0.320 e. The molecule has 15 heavy (non-hydrogen) atoms. The number of nitrogens with zero attached hydrogens (tertiary/aromatic N) is 1. The number of amides is 4. The van der Waals surface area contributed by atoms with E-state index in [-0.39, 0.29) is 6.54 Å². The Labute approximate surface area is 91.5 Å². The summed E-state index contributed by atoms with van der Waals surface area (Å²) in [5.74, 6) is -0.214. The topological polar surface area (TPSA) is 92.5 Å². The SMILES string of the molecule is CSCC[C@H](N)C(=O)N1CC(=O)NC1=O. The van der Waals surface area contributed by atoms with E-state index in [4.69, 9.17) is 5.73 Å². The van der Waals surface area contributed by atoms with Crippen molar-refractivity contribution in [3.8, 4) is 0 Å². The molecule has 0 bridgehead atoms. The standard InChI is InChI=1S/C8H13N3O3S/c1-15-3-2-5(9)7(13)11-4-6(12)10-8(11)14/h5H,2-4,9H2,1H3,(H,10,12,14)/t5-/m0/s1. The molecule has 1 saturated heterocycles. The predicted octanol–water partition coefficient (Wildman–Crippen LogP) is -0.855. The van der Waals surface area contributed by atoms with Crippen LogP contribution in [-0.2, 0) is 9.59 Å². The van der Waals surface area contributed by atoms with Crippen molar-refractivity contribution in [2.45, 2.75) is 12.5 Å². The van der Waals surface area contributed by atoms with E-state index >= 15 is 0 Å². The molecule has 0 spiro atoms. The minimum atomic E-state index is -0.714. The molecule has 0 aromatic heterocycles. The number of carbonyl (C=O) groups excluding carboxylic acids is 3. The zero-order valence-electron chi connectivity index (χ0n) is 8.36. The van der Waals surface area contributed by atoms with E-state index in [0.717, 1.165) is 10.7 Å². The molecule has 7 heteroatoms. The van der Waals surface area contributed by atoms with Crippen LogP contribution in [0.2, 0.25) is 0 Å². The molecule has 0 unspecified atom stereocenters. The van der Waals surface area contributed by atoms with Crippen LogP contribution in [0.25, 0.3) is 0 Å². The Morgan fingerprint density at radius 1 is 1.67 bits per heavy atom. The van der Waals surface area contributed by atoms with Gasteiger partial charge in [0, 0.05) is 0 Å². The van der Waals surface area contributed by atoms with Crippen LogP contribution in [0.5, 0.6) is 0 Å². The molecule has 0 radical (unpaired) electrons. The third-order valence-corrected chi connectivity index (χ3v) is 2.65. The highest BCUT2D eigenvalue weighted by molar-refractivity contribution is 7.98. The second kappa shape index (κ2) is 5.13. The van der Waals surface area contributed by atoms with Crippen molar-refractivity contribution in [1.29, 1.82) is 0 Å². The summed E-state index contributed by atoms with van der Waals surface area (Å²) < 4.78 is 0. The number of hydrogen-bond donors (Lipinski definition) is 2. The van der Waals surface area contributed by atoms with Crippen molar-refractivity contribution < 1.29 is 14.4 Å². The number of nitrogens with two attached hydrogens (primary N) is 1. The van der Waals surface area contributed by atoms with Crippen LogP contribution >= 0.6 is 11.8 Å². The minimum absolute atomic E-state index is 0.218. The highest BCUT2D eigenvalue weighted by Gasteiger charge is 2.34. The summed E-state index contributed by atoms with van der Waals surface area (Å²) >= 11 is 1.57. The molecule has 0 aromatic rings. The lowest BCUT2D eigenvalue weighted by molar-refractivity contribution is -0.131. The van der Waals surface area contributed by atoms with Gasteiger partial charge < -0.3 is 5.73 Å². The normalized spacial score (nSPS) is 17.9. The van der Waals surface area contributed by atoms with E-state index in [0.29, 0.717) is 6.42 Å². The van der Waals surface area contributed by atoms with Gasteiger partial charge in [-0.25, -0.2) is 4.79 Å². The first-order chi connectivity index (χ1) is 7.06. The Morgan fingerprint density at radius 2 is 2.33 bits per heavy atom. The smallest absolute Gasteiger partial charge is 0.320 e. The molecule has 1 heterocycles. The number of thioether (sulfide) groups is 1. The number of hydrogen-bond acceptors (Lipinski definition) is 5. The maximum Gasteiger partial charge on any atom is 0.331 e. The van der Waals surface area contributed by atoms with Crippen molar-refractivity contribution >= 4 is 29.6 Å². The lowest BCUT2D eigenvalue weighted by atomic mass is 10.2. The fourth-order valence-electron chi connectivity index (χ4n) is 1.19. The van der Waals surface area contributed by atoms with Crippen LogP contribution in [-0.4, -0.2) is 47.3 Å². The van der Waals surface area contributed by atoms with Gasteiger partial charge in [-0.1, -0.05) is 0 Å². The van der Waals surface area contributed by atoms with Crippen molar-refractivity contribution in [2.24, 2.45) is 5.73 Å². The molecule has 1 fully saturated rings. The molecule has 0 aromatic carbocycles. The van der Waals surface area contributed by atoms with Crippen LogP contribution < -0.4 is 11.1 Å². The summed E-state index contributed by atoms with van der Waals surface area (Å²) in [5.41, 5.74) is 5.59. The zero-order chi connectivity index (χ0) is 11.4. The number of rotatable bonds is 4. The Kier molecular flexibility index (Phi) is 4.10. The Balaban J connectivity index is 2.52. The molecule has 1 aliphatic rings. The first-order valence-corrected chi connectivity index (χ1v) is 5.85. The second-order valence-electron chi connectivity index (χ2n) is 3.17. The molecule has 6 nitrogen and oxygen atoms in total. The first kappa shape index (κ1) is 12.0. The van der Waals surface area contributed by atoms with Crippen molar-refractivity contribution in [3.63, 3.8) is 0 Å². The van der Waals surface area contributed by atoms with E-state index in [1.807, 2.05) is 11.6 Å². The van der Waals surface area contributed by atoms with E-state index in [2.05, 4.69) is 0 Å². The number of urea groups is 1. The molecular formula is C8H13N3O3S. The lowest BCUT2D eigenvalue weighted by Crippen LogP contribution is -2.45. The Bertz CT molecular complexity index is 295. The number of nitrogens with one attached hydrogen (secondary N) is 1. The maximum atomic E-state index is 11.6. The quantitative estimate of drug-likeness (QED) is 0.614. The van der Waals surface area contributed by atoms with Gasteiger partial charge in [0.05, 0.1) is 6.04 Å². The fourth-order valence-corrected chi connectivity index (χ4v) is 1.68. The monoisotopic (exact) mass is 231 g/mol. The maximum absolute atomic E-state index is 11.6. The average molecular weight is 231 g/mol.